The Balaban J connectivity index is 1.95. The molecule has 0 aliphatic carbocycles. The number of fused-ring (bicyclic) bond motifs is 3. The highest BCUT2D eigenvalue weighted by Crippen LogP contribution is 2.36. The summed E-state index contributed by atoms with van der Waals surface area (Å²) in [6.45, 7) is 6.36. The monoisotopic (exact) mass is 622 g/mol. The highest BCUT2D eigenvalue weighted by Gasteiger charge is 2.22. The summed E-state index contributed by atoms with van der Waals surface area (Å²) in [5, 5.41) is 11.1. The van der Waals surface area contributed by atoms with Crippen molar-refractivity contribution >= 4 is 39.6 Å². The lowest BCUT2D eigenvalue weighted by molar-refractivity contribution is -0.139. The van der Waals surface area contributed by atoms with Gasteiger partial charge in [0.05, 0.1) is 11.3 Å². The Kier molecular flexibility index (Phi) is 15.1. The molecule has 0 bridgehead atoms. The van der Waals surface area contributed by atoms with Crippen molar-refractivity contribution in [3.63, 3.8) is 0 Å². The molecule has 0 fully saturated rings. The lowest BCUT2D eigenvalue weighted by Gasteiger charge is -2.15. The Bertz CT molecular complexity index is 1470. The molecule has 246 valence electrons. The minimum Gasteiger partial charge on any atom is -0.481 e. The van der Waals surface area contributed by atoms with Crippen molar-refractivity contribution in [2.45, 2.75) is 136 Å². The molecule has 2 aromatic carbocycles. The second kappa shape index (κ2) is 19.0. The molecular weight excluding hydrogens is 572 g/mol. The highest BCUT2D eigenvalue weighted by atomic mass is 16.6. The Hall–Kier alpha value is -3.68. The number of benzene rings is 2. The quantitative estimate of drug-likeness (QED) is 0.0410. The third-order valence-electron chi connectivity index (χ3n) is 8.27. The number of hydrogen-bond acceptors (Lipinski definition) is 7. The fraction of sp³-hybridized carbons (Fsp3) is 0.568. The Morgan fingerprint density at radius 1 is 0.667 bits per heavy atom. The van der Waals surface area contributed by atoms with Gasteiger partial charge in [0.15, 0.2) is 11.5 Å². The average Bonchev–Trinajstić information content (AvgIpc) is 3.01. The smallest absolute Gasteiger partial charge is 0.344 e. The number of carboxylic acid groups (broad SMARTS) is 1. The standard InChI is InChI=1S/C37H50O8/c1-4-7-10-13-16-19-34(38)43-32-24-29-28-22-21-26(27(36(40)41)18-15-12-9-6-3)23-31(28)45-37(42)30(29)25-33(32)44-35(39)20-17-14-11-8-5-2/h21-25,27H,4-20H2,1-3H3,(H,40,41). The highest BCUT2D eigenvalue weighted by molar-refractivity contribution is 6.06. The normalized spacial score (nSPS) is 12.0. The molecule has 0 aliphatic rings. The van der Waals surface area contributed by atoms with E-state index in [-0.39, 0.29) is 35.3 Å². The summed E-state index contributed by atoms with van der Waals surface area (Å²) in [7, 11) is 0. The number of rotatable bonds is 21. The van der Waals surface area contributed by atoms with Gasteiger partial charge in [0.25, 0.3) is 0 Å². The van der Waals surface area contributed by atoms with Gasteiger partial charge in [-0.3, -0.25) is 14.4 Å². The topological polar surface area (TPSA) is 120 Å². The van der Waals surface area contributed by atoms with E-state index in [1.807, 2.05) is 0 Å². The van der Waals surface area contributed by atoms with Crippen LogP contribution in [0.15, 0.2) is 39.5 Å². The summed E-state index contributed by atoms with van der Waals surface area (Å²) in [6, 6.07) is 8.05. The molecule has 8 nitrogen and oxygen atoms in total. The summed E-state index contributed by atoms with van der Waals surface area (Å²) < 4.78 is 17.1. The molecule has 1 aromatic heterocycles. The fourth-order valence-electron chi connectivity index (χ4n) is 5.63. The molecule has 45 heavy (non-hydrogen) atoms. The Morgan fingerprint density at radius 2 is 1.18 bits per heavy atom. The van der Waals surface area contributed by atoms with Crippen LogP contribution in [0.25, 0.3) is 21.7 Å². The third-order valence-corrected chi connectivity index (χ3v) is 8.27. The summed E-state index contributed by atoms with van der Waals surface area (Å²) in [5.74, 6) is -2.47. The number of carbonyl (C=O) groups excluding carboxylic acids is 2. The second-order valence-electron chi connectivity index (χ2n) is 12.0. The largest absolute Gasteiger partial charge is 0.481 e. The van der Waals surface area contributed by atoms with Crippen molar-refractivity contribution in [2.24, 2.45) is 0 Å². The van der Waals surface area contributed by atoms with Gasteiger partial charge in [0.2, 0.25) is 0 Å². The predicted molar refractivity (Wildman–Crippen MR) is 177 cm³/mol. The molecule has 3 rings (SSSR count). The number of esters is 2. The first-order chi connectivity index (χ1) is 21.8. The van der Waals surface area contributed by atoms with Crippen LogP contribution in [0.1, 0.15) is 141 Å². The van der Waals surface area contributed by atoms with Gasteiger partial charge in [-0.1, -0.05) is 110 Å². The molecule has 1 heterocycles. The van der Waals surface area contributed by atoms with Crippen molar-refractivity contribution in [3.05, 3.63) is 46.3 Å². The van der Waals surface area contributed by atoms with Crippen LogP contribution in [0.4, 0.5) is 0 Å². The van der Waals surface area contributed by atoms with E-state index in [4.69, 9.17) is 13.9 Å². The SMILES string of the molecule is CCCCCCCC(=O)Oc1cc2c(=O)oc3cc(C(CCCCCC)C(=O)O)ccc3c2cc1OC(=O)CCCCCCC. The van der Waals surface area contributed by atoms with Crippen molar-refractivity contribution in [3.8, 4) is 11.5 Å². The van der Waals surface area contributed by atoms with Gasteiger partial charge in [-0.15, -0.1) is 0 Å². The van der Waals surface area contributed by atoms with E-state index >= 15 is 0 Å². The van der Waals surface area contributed by atoms with Gasteiger partial charge in [0.1, 0.15) is 5.58 Å². The average molecular weight is 623 g/mol. The molecule has 0 saturated carbocycles. The van der Waals surface area contributed by atoms with E-state index < -0.39 is 29.5 Å². The van der Waals surface area contributed by atoms with Gasteiger partial charge >= 0.3 is 23.5 Å². The number of aliphatic carboxylic acids is 1. The second-order valence-corrected chi connectivity index (χ2v) is 12.0. The third kappa shape index (κ3) is 11.0. The van der Waals surface area contributed by atoms with Crippen molar-refractivity contribution in [1.82, 2.24) is 0 Å². The lowest BCUT2D eigenvalue weighted by atomic mass is 9.92. The number of carboxylic acids is 1. The summed E-state index contributed by atoms with van der Waals surface area (Å²) >= 11 is 0. The van der Waals surface area contributed by atoms with Crippen LogP contribution in [0.5, 0.6) is 11.5 Å². The summed E-state index contributed by atoms with van der Waals surface area (Å²) in [4.78, 5) is 50.9. The maximum atomic E-state index is 13.2. The molecule has 8 heteroatoms. The van der Waals surface area contributed by atoms with Crippen LogP contribution >= 0.6 is 0 Å². The summed E-state index contributed by atoms with van der Waals surface area (Å²) in [5.41, 5.74) is 0.151. The van der Waals surface area contributed by atoms with E-state index in [9.17, 15) is 24.3 Å². The molecule has 0 saturated heterocycles. The maximum Gasteiger partial charge on any atom is 0.344 e. The predicted octanol–water partition coefficient (Wildman–Crippen LogP) is 9.62. The Labute approximate surface area is 266 Å². The fourth-order valence-corrected chi connectivity index (χ4v) is 5.63. The van der Waals surface area contributed by atoms with E-state index in [1.54, 1.807) is 24.3 Å². The van der Waals surface area contributed by atoms with Crippen LogP contribution < -0.4 is 15.1 Å². The van der Waals surface area contributed by atoms with Crippen molar-refractivity contribution < 1.29 is 33.4 Å². The summed E-state index contributed by atoms with van der Waals surface area (Å²) in [6.07, 6.45) is 14.5. The number of ether oxygens (including phenoxy) is 2. The Morgan fingerprint density at radius 3 is 1.71 bits per heavy atom. The maximum absolute atomic E-state index is 13.2. The first-order valence-corrected chi connectivity index (χ1v) is 17.0. The molecule has 1 unspecified atom stereocenters. The molecule has 1 N–H and O–H groups in total. The van der Waals surface area contributed by atoms with Crippen LogP contribution in [-0.4, -0.2) is 23.0 Å². The lowest BCUT2D eigenvalue weighted by Crippen LogP contribution is -2.13. The number of unbranched alkanes of at least 4 members (excludes halogenated alkanes) is 11. The number of hydrogen-bond donors (Lipinski definition) is 1. The molecule has 3 aromatic rings. The molecule has 1 atom stereocenters. The van der Waals surface area contributed by atoms with E-state index in [2.05, 4.69) is 20.8 Å². The van der Waals surface area contributed by atoms with Crippen LogP contribution in [0.3, 0.4) is 0 Å². The van der Waals surface area contributed by atoms with Gasteiger partial charge in [-0.2, -0.15) is 0 Å². The van der Waals surface area contributed by atoms with Crippen LogP contribution in [0, 0.1) is 0 Å². The van der Waals surface area contributed by atoms with Gasteiger partial charge in [-0.05, 0) is 43.0 Å². The molecule has 0 spiro atoms. The van der Waals surface area contributed by atoms with Crippen molar-refractivity contribution in [2.75, 3.05) is 0 Å². The van der Waals surface area contributed by atoms with Gasteiger partial charge in [0, 0.05) is 23.6 Å². The van der Waals surface area contributed by atoms with E-state index in [0.717, 1.165) is 77.0 Å². The van der Waals surface area contributed by atoms with Gasteiger partial charge < -0.3 is 19.0 Å². The molecule has 0 radical (unpaired) electrons. The van der Waals surface area contributed by atoms with Gasteiger partial charge in [-0.25, -0.2) is 4.79 Å². The molecule has 0 aliphatic heterocycles. The number of carbonyl (C=O) groups is 3. The van der Waals surface area contributed by atoms with Crippen LogP contribution in [-0.2, 0) is 14.4 Å². The minimum atomic E-state index is -0.922. The zero-order chi connectivity index (χ0) is 32.6. The van der Waals surface area contributed by atoms with E-state index in [0.29, 0.717) is 35.6 Å². The van der Waals surface area contributed by atoms with E-state index in [1.165, 1.54) is 6.07 Å². The zero-order valence-electron chi connectivity index (χ0n) is 27.3. The van der Waals surface area contributed by atoms with Crippen LogP contribution in [0.2, 0.25) is 0 Å². The zero-order valence-corrected chi connectivity index (χ0v) is 27.3. The first kappa shape index (κ1) is 35.8. The first-order valence-electron chi connectivity index (χ1n) is 17.0. The van der Waals surface area contributed by atoms with Crippen molar-refractivity contribution in [1.29, 1.82) is 0 Å². The minimum absolute atomic E-state index is 0.00156. The molecule has 0 amide bonds. The molecular formula is C37H50O8.